The fourth-order valence-corrected chi connectivity index (χ4v) is 13.0. The van der Waals surface area contributed by atoms with Crippen LogP contribution in [0.5, 0.6) is 5.75 Å². The molecule has 36 nitrogen and oxygen atoms in total. The number of nitrogens with zero attached hydrogens (tertiary/aromatic N) is 3. The summed E-state index contributed by atoms with van der Waals surface area (Å²) >= 11 is 1.33. The van der Waals surface area contributed by atoms with Gasteiger partial charge in [-0.1, -0.05) is 49.8 Å². The van der Waals surface area contributed by atoms with Crippen LogP contribution in [-0.2, 0) is 67.6 Å². The molecule has 3 aromatic rings. The normalized spacial score (nSPS) is 14.4. The number of sulfonamides is 1. The average Bonchev–Trinajstić information content (AvgIpc) is 0.863. The summed E-state index contributed by atoms with van der Waals surface area (Å²) in [5.74, 6) is -13.8. The maximum Gasteiger partial charge on any atom is 0.336 e. The molecule has 0 radical (unpaired) electrons. The van der Waals surface area contributed by atoms with Gasteiger partial charge in [0.15, 0.2) is 0 Å². The van der Waals surface area contributed by atoms with Crippen molar-refractivity contribution in [1.82, 2.24) is 47.4 Å². The first kappa shape index (κ1) is 86.7. The number of carboxylic acid groups (broad SMARTS) is 4. The maximum atomic E-state index is 14.2. The van der Waals surface area contributed by atoms with Gasteiger partial charge in [0.05, 0.1) is 24.2 Å². The number of aromatic nitrogens is 2. The topological polar surface area (TPSA) is 588 Å². The van der Waals surface area contributed by atoms with Gasteiger partial charge in [0, 0.05) is 85.2 Å². The van der Waals surface area contributed by atoms with E-state index in [1.165, 1.54) is 12.1 Å². The number of carbonyl (C=O) groups is 13. The average molecular weight is 1540 g/mol. The van der Waals surface area contributed by atoms with Crippen molar-refractivity contribution >= 4 is 132 Å². The van der Waals surface area contributed by atoms with Crippen molar-refractivity contribution in [3.63, 3.8) is 0 Å². The number of anilines is 3. The lowest BCUT2D eigenvalue weighted by Crippen LogP contribution is -2.60. The summed E-state index contributed by atoms with van der Waals surface area (Å²) in [5, 5.41) is 74.4. The summed E-state index contributed by atoms with van der Waals surface area (Å²) < 4.78 is 28.7. The van der Waals surface area contributed by atoms with Crippen molar-refractivity contribution in [2.24, 2.45) is 27.8 Å². The molecule has 2 heterocycles. The number of carboxylic acids is 4. The zero-order valence-electron chi connectivity index (χ0n) is 59.1. The molecule has 0 fully saturated rings. The maximum absolute atomic E-state index is 14.2. The first-order valence-corrected chi connectivity index (χ1v) is 37.6. The Balaban J connectivity index is 1.19. The minimum Gasteiger partial charge on any atom is -0.481 e. The SMILES string of the molecule is CN(C)c1ccc2c(c1)OC1=CC(C)(C)C=CC1=C2c1ccc(NC(=O)CSC[C@H](NC(=O)[C@H](CCCCN)NC(=O)[C@H](CC(=O)O)NC(=O)[C@H](CCCCN)NC(=O)[C@H](CC(=O)O)NC(=O)[C@H](CCCCN)NC(=O)CCCCCNC(=O)CCC(=O)Nc2nnc(S(N)(=O)=O)s2)C(=O)O)cc1C(=O)O. The summed E-state index contributed by atoms with van der Waals surface area (Å²) in [6, 6.07) is -0.126. The molecule has 106 heavy (non-hydrogen) atoms. The Morgan fingerprint density at radius 2 is 1.12 bits per heavy atom. The minimum absolute atomic E-state index is 0.00886. The molecule has 5 rings (SSSR count). The first-order valence-electron chi connectivity index (χ1n) is 34.1. The third-order valence-electron chi connectivity index (χ3n) is 16.3. The van der Waals surface area contributed by atoms with E-state index in [-0.39, 0.29) is 112 Å². The van der Waals surface area contributed by atoms with Gasteiger partial charge < -0.3 is 95.1 Å². The summed E-state index contributed by atoms with van der Waals surface area (Å²) in [6.07, 6.45) is 5.35. The molecule has 2 aliphatic rings. The van der Waals surface area contributed by atoms with Gasteiger partial charge in [-0.15, -0.1) is 22.0 Å². The van der Waals surface area contributed by atoms with Crippen molar-refractivity contribution in [3.8, 4) is 5.75 Å². The highest BCUT2D eigenvalue weighted by Gasteiger charge is 2.37. The lowest BCUT2D eigenvalue weighted by Gasteiger charge is -2.31. The number of unbranched alkanes of at least 4 members (excludes halogenated alkanes) is 5. The minimum atomic E-state index is -4.12. The Morgan fingerprint density at radius 1 is 0.594 bits per heavy atom. The molecule has 580 valence electrons. The second-order valence-electron chi connectivity index (χ2n) is 25.7. The van der Waals surface area contributed by atoms with Crippen LogP contribution in [0.1, 0.15) is 144 Å². The van der Waals surface area contributed by atoms with Gasteiger partial charge in [0.2, 0.25) is 62.6 Å². The van der Waals surface area contributed by atoms with Crippen LogP contribution >= 0.6 is 23.1 Å². The number of amides is 9. The van der Waals surface area contributed by atoms with Crippen LogP contribution < -0.4 is 79.8 Å². The fourth-order valence-electron chi connectivity index (χ4n) is 10.8. The molecule has 0 unspecified atom stereocenters. The lowest BCUT2D eigenvalue weighted by molar-refractivity contribution is -0.143. The molecule has 39 heteroatoms. The molecule has 0 saturated heterocycles. The molecular formula is C67H94N16O20S3. The number of rotatable bonds is 47. The van der Waals surface area contributed by atoms with Gasteiger partial charge in [-0.3, -0.25) is 52.7 Å². The molecule has 1 aromatic heterocycles. The van der Waals surface area contributed by atoms with Gasteiger partial charge in [-0.25, -0.2) is 23.1 Å². The Bertz CT molecular complexity index is 3920. The van der Waals surface area contributed by atoms with E-state index in [2.05, 4.69) is 58.0 Å². The third-order valence-corrected chi connectivity index (χ3v) is 19.5. The standard InChI is InChI=1S/C67H94N16O20S3/c1-67(2)25-24-41-50(34-67)103-49-31-38(83(3)4)19-21-40(49)57(41)39-20-18-37(30-42(39)63(97)98)73-54(87)36-104-35-48(64(99)100)79-60(94)45(16-9-12-28-70)76-62(96)47(33-56(90)91)78-59(93)44(15-8-11-27-69)75-61(95)46(32-55(88)89)77-58(92)43(14-7-10-26-68)74-52(85)17-6-5-13-29-72-51(84)22-23-53(86)80-65-81-82-66(105-65)106(71,101)102/h18-21,24-25,30-31,34,43-48H,5-17,22-23,26-29,32-33,35-36,68-70H2,1-4H3,(H,72,84)(H,73,87)(H,74,85)(H,75,95)(H,76,96)(H,77,92)(H,78,93)(H,79,94)(H,88,89)(H,90,91)(H,97,98)(H,99,100)(H2,71,101,102)(H,80,81,86)/t43-,44-,45-,46-,47-,48-/m0/s1. The van der Waals surface area contributed by atoms with Crippen LogP contribution in [-0.4, -0.2) is 204 Å². The second kappa shape index (κ2) is 42.3. The summed E-state index contributed by atoms with van der Waals surface area (Å²) in [6.45, 7) is 4.62. The quantitative estimate of drug-likeness (QED) is 0.0274. The highest BCUT2D eigenvalue weighted by atomic mass is 32.2. The predicted octanol–water partition coefficient (Wildman–Crippen LogP) is 0.721. The van der Waals surface area contributed by atoms with Crippen molar-refractivity contribution < 1.29 is 95.9 Å². The van der Waals surface area contributed by atoms with E-state index >= 15 is 0 Å². The lowest BCUT2D eigenvalue weighted by atomic mass is 9.80. The van der Waals surface area contributed by atoms with Gasteiger partial charge in [-0.05, 0) is 126 Å². The fraction of sp³-hybridized carbons (Fsp3) is 0.507. The number of aliphatic carboxylic acids is 3. The Morgan fingerprint density at radius 3 is 1.64 bits per heavy atom. The Kier molecular flexibility index (Phi) is 34.6. The van der Waals surface area contributed by atoms with E-state index in [0.717, 1.165) is 17.4 Å². The van der Waals surface area contributed by atoms with E-state index in [1.807, 2.05) is 69.3 Å². The first-order chi connectivity index (χ1) is 50.1. The van der Waals surface area contributed by atoms with Crippen molar-refractivity contribution in [3.05, 3.63) is 82.6 Å². The van der Waals surface area contributed by atoms with Crippen LogP contribution in [0.2, 0.25) is 0 Å². The molecule has 0 bridgehead atoms. The highest BCUT2D eigenvalue weighted by molar-refractivity contribution is 8.00. The van der Waals surface area contributed by atoms with Crippen molar-refractivity contribution in [2.45, 2.75) is 164 Å². The molecule has 21 N–H and O–H groups in total. The number of hydrogen-bond donors (Lipinski definition) is 17. The number of hydrogen-bond acceptors (Lipinski definition) is 24. The largest absolute Gasteiger partial charge is 0.481 e. The van der Waals surface area contributed by atoms with Crippen LogP contribution in [0.25, 0.3) is 5.57 Å². The zero-order valence-corrected chi connectivity index (χ0v) is 61.6. The molecular weight excluding hydrogens is 1450 g/mol. The number of carbonyl (C=O) groups excluding carboxylic acids is 9. The number of nitrogens with one attached hydrogen (secondary N) is 9. The highest BCUT2D eigenvalue weighted by Crippen LogP contribution is 2.47. The Labute approximate surface area is 619 Å². The molecule has 6 atom stereocenters. The number of ether oxygens (including phenoxy) is 1. The van der Waals surface area contributed by atoms with E-state index in [4.69, 9.17) is 27.1 Å². The monoisotopic (exact) mass is 1540 g/mol. The van der Waals surface area contributed by atoms with Gasteiger partial charge in [-0.2, -0.15) is 0 Å². The third kappa shape index (κ3) is 28.5. The van der Waals surface area contributed by atoms with Crippen LogP contribution in [0, 0.1) is 5.41 Å². The molecule has 1 aliphatic carbocycles. The number of thioether (sulfide) groups is 1. The van der Waals surface area contributed by atoms with E-state index in [9.17, 15) is 91.2 Å². The molecule has 9 amide bonds. The van der Waals surface area contributed by atoms with Gasteiger partial charge in [0.1, 0.15) is 47.8 Å². The molecule has 0 spiro atoms. The van der Waals surface area contributed by atoms with Gasteiger partial charge >= 0.3 is 23.9 Å². The summed E-state index contributed by atoms with van der Waals surface area (Å²) in [5.41, 5.74) is 19.8. The number of aromatic carboxylic acids is 1. The summed E-state index contributed by atoms with van der Waals surface area (Å²) in [4.78, 5) is 173. The van der Waals surface area contributed by atoms with Crippen LogP contribution in [0.3, 0.4) is 0 Å². The molecule has 2 aromatic carbocycles. The van der Waals surface area contributed by atoms with Crippen molar-refractivity contribution in [1.29, 1.82) is 0 Å². The smallest absolute Gasteiger partial charge is 0.336 e. The Hall–Kier alpha value is -9.93. The van der Waals surface area contributed by atoms with Crippen LogP contribution in [0.15, 0.2) is 70.3 Å². The second-order valence-corrected chi connectivity index (χ2v) is 29.4. The van der Waals surface area contributed by atoms with Crippen molar-refractivity contribution in [2.75, 3.05) is 67.3 Å². The number of fused-ring (bicyclic) bond motifs is 2. The summed E-state index contributed by atoms with van der Waals surface area (Å²) in [7, 11) is -0.372. The zero-order chi connectivity index (χ0) is 78.4. The van der Waals surface area contributed by atoms with Gasteiger partial charge in [0.25, 0.3) is 10.0 Å². The molecule has 1 aliphatic heterocycles. The van der Waals surface area contributed by atoms with Crippen LogP contribution in [0.4, 0.5) is 16.5 Å². The molecule has 0 saturated carbocycles. The number of allylic oxidation sites excluding steroid dienone is 3. The van der Waals surface area contributed by atoms with E-state index in [1.54, 1.807) is 6.07 Å². The van der Waals surface area contributed by atoms with E-state index in [0.29, 0.717) is 77.2 Å². The number of nitrogens with two attached hydrogens (primary N) is 4. The van der Waals surface area contributed by atoms with E-state index < -0.39 is 152 Å². The predicted molar refractivity (Wildman–Crippen MR) is 391 cm³/mol. The number of benzene rings is 2. The number of primary sulfonamides is 1.